The van der Waals surface area contributed by atoms with E-state index >= 15 is 0 Å². The molecule has 4 rings (SSSR count). The summed E-state index contributed by atoms with van der Waals surface area (Å²) in [6.45, 7) is 9.82. The summed E-state index contributed by atoms with van der Waals surface area (Å²) in [5.74, 6) is 1.95. The topological polar surface area (TPSA) is 68.4 Å². The maximum absolute atomic E-state index is 13.5. The van der Waals surface area contributed by atoms with Crippen molar-refractivity contribution in [1.29, 1.82) is 0 Å². The van der Waals surface area contributed by atoms with Gasteiger partial charge in [0.05, 0.1) is 19.2 Å². The van der Waals surface area contributed by atoms with Crippen LogP contribution in [0, 0.1) is 26.7 Å². The first-order valence-corrected chi connectivity index (χ1v) is 12.3. The standard InChI is InChI=1S/C25H35N3O2S/c1-14-12-15(2)27-24(30-5)20(14)13-28-11-10-21-22(25(28)29)17(4)23(31-21)16(3)18-6-8-19(26)9-7-18/h12,16,18-19H,6-11,13,26H2,1-5H3. The van der Waals surface area contributed by atoms with Gasteiger partial charge in [-0.15, -0.1) is 11.3 Å². The molecule has 168 valence electrons. The third-order valence-corrected chi connectivity index (χ3v) is 8.84. The summed E-state index contributed by atoms with van der Waals surface area (Å²) < 4.78 is 5.53. The molecule has 2 aliphatic rings. The van der Waals surface area contributed by atoms with Crippen molar-refractivity contribution in [1.82, 2.24) is 9.88 Å². The largest absolute Gasteiger partial charge is 0.481 e. The van der Waals surface area contributed by atoms with E-state index in [1.807, 2.05) is 23.2 Å². The molecule has 1 fully saturated rings. The van der Waals surface area contributed by atoms with Crippen LogP contribution in [0.1, 0.15) is 81.0 Å². The molecule has 3 heterocycles. The maximum Gasteiger partial charge on any atom is 0.255 e. The molecule has 1 aliphatic heterocycles. The third kappa shape index (κ3) is 4.24. The van der Waals surface area contributed by atoms with Gasteiger partial charge in [0.1, 0.15) is 0 Å². The minimum absolute atomic E-state index is 0.154. The highest BCUT2D eigenvalue weighted by molar-refractivity contribution is 7.12. The predicted octanol–water partition coefficient (Wildman–Crippen LogP) is 4.90. The van der Waals surface area contributed by atoms with Crippen LogP contribution >= 0.6 is 11.3 Å². The van der Waals surface area contributed by atoms with Gasteiger partial charge in [0, 0.05) is 40.0 Å². The van der Waals surface area contributed by atoms with Gasteiger partial charge in [-0.3, -0.25) is 4.79 Å². The zero-order chi connectivity index (χ0) is 22.3. The van der Waals surface area contributed by atoms with Crippen LogP contribution < -0.4 is 10.5 Å². The molecule has 0 bridgehead atoms. The minimum atomic E-state index is 0.154. The summed E-state index contributed by atoms with van der Waals surface area (Å²) in [6, 6.07) is 2.43. The van der Waals surface area contributed by atoms with E-state index < -0.39 is 0 Å². The Morgan fingerprint density at radius 3 is 2.65 bits per heavy atom. The molecule has 1 amide bonds. The van der Waals surface area contributed by atoms with Gasteiger partial charge >= 0.3 is 0 Å². The number of aryl methyl sites for hydroxylation is 2. The van der Waals surface area contributed by atoms with Crippen molar-refractivity contribution in [3.8, 4) is 5.88 Å². The monoisotopic (exact) mass is 441 g/mol. The third-order valence-electron chi connectivity index (χ3n) is 7.28. The van der Waals surface area contributed by atoms with Crippen molar-refractivity contribution in [2.75, 3.05) is 13.7 Å². The summed E-state index contributed by atoms with van der Waals surface area (Å²) in [6.07, 6.45) is 5.57. The van der Waals surface area contributed by atoms with Crippen molar-refractivity contribution in [3.63, 3.8) is 0 Å². The second-order valence-corrected chi connectivity index (χ2v) is 10.5. The minimum Gasteiger partial charge on any atom is -0.481 e. The molecule has 0 radical (unpaired) electrons. The first-order chi connectivity index (χ1) is 14.8. The summed E-state index contributed by atoms with van der Waals surface area (Å²) in [4.78, 5) is 22.7. The lowest BCUT2D eigenvalue weighted by molar-refractivity contribution is 0.0726. The molecule has 2 N–H and O–H groups in total. The molecule has 1 unspecified atom stereocenters. The van der Waals surface area contributed by atoms with Crippen LogP contribution in [0.4, 0.5) is 0 Å². The van der Waals surface area contributed by atoms with Gasteiger partial charge in [-0.05, 0) is 75.5 Å². The van der Waals surface area contributed by atoms with E-state index in [-0.39, 0.29) is 5.91 Å². The normalized spacial score (nSPS) is 22.4. The Morgan fingerprint density at radius 2 is 1.97 bits per heavy atom. The number of aromatic nitrogens is 1. The van der Waals surface area contributed by atoms with Crippen molar-refractivity contribution in [3.05, 3.63) is 43.8 Å². The molecule has 2 aromatic rings. The van der Waals surface area contributed by atoms with Crippen LogP contribution in [0.5, 0.6) is 5.88 Å². The fourth-order valence-electron chi connectivity index (χ4n) is 5.37. The predicted molar refractivity (Wildman–Crippen MR) is 126 cm³/mol. The van der Waals surface area contributed by atoms with Gasteiger partial charge in [-0.2, -0.15) is 0 Å². The number of carbonyl (C=O) groups is 1. The lowest BCUT2D eigenvalue weighted by Gasteiger charge is -2.30. The first kappa shape index (κ1) is 22.3. The molecule has 0 saturated heterocycles. The lowest BCUT2D eigenvalue weighted by Crippen LogP contribution is -2.37. The van der Waals surface area contributed by atoms with E-state index in [9.17, 15) is 4.79 Å². The van der Waals surface area contributed by atoms with Gasteiger partial charge in [0.25, 0.3) is 5.91 Å². The second-order valence-electron chi connectivity index (χ2n) is 9.40. The average molecular weight is 442 g/mol. The Balaban J connectivity index is 1.57. The summed E-state index contributed by atoms with van der Waals surface area (Å²) >= 11 is 1.87. The molecule has 31 heavy (non-hydrogen) atoms. The molecular formula is C25H35N3O2S. The second kappa shape index (κ2) is 8.91. The summed E-state index contributed by atoms with van der Waals surface area (Å²) in [5, 5.41) is 0. The number of thiophene rings is 1. The smallest absolute Gasteiger partial charge is 0.255 e. The van der Waals surface area contributed by atoms with Crippen LogP contribution in [0.15, 0.2) is 6.07 Å². The van der Waals surface area contributed by atoms with Crippen molar-refractivity contribution >= 4 is 17.2 Å². The number of methoxy groups -OCH3 is 1. The molecule has 5 nitrogen and oxygen atoms in total. The van der Waals surface area contributed by atoms with Crippen LogP contribution in [0.25, 0.3) is 0 Å². The van der Waals surface area contributed by atoms with E-state index in [4.69, 9.17) is 10.5 Å². The van der Waals surface area contributed by atoms with E-state index in [1.165, 1.54) is 28.2 Å². The molecular weight excluding hydrogens is 406 g/mol. The number of rotatable bonds is 5. The average Bonchev–Trinajstić information content (AvgIpc) is 3.08. The molecule has 1 atom stereocenters. The highest BCUT2D eigenvalue weighted by atomic mass is 32.1. The Labute approximate surface area is 190 Å². The number of hydrogen-bond donors (Lipinski definition) is 1. The van der Waals surface area contributed by atoms with E-state index in [0.717, 1.165) is 48.2 Å². The number of fused-ring (bicyclic) bond motifs is 1. The fraction of sp³-hybridized carbons (Fsp3) is 0.600. The Hall–Kier alpha value is -1.92. The molecule has 1 saturated carbocycles. The van der Waals surface area contributed by atoms with E-state index in [1.54, 1.807) is 7.11 Å². The number of hydrogen-bond acceptors (Lipinski definition) is 5. The lowest BCUT2D eigenvalue weighted by atomic mass is 9.78. The molecule has 6 heteroatoms. The van der Waals surface area contributed by atoms with Crippen molar-refractivity contribution < 1.29 is 9.53 Å². The van der Waals surface area contributed by atoms with E-state index in [2.05, 4.69) is 31.8 Å². The summed E-state index contributed by atoms with van der Waals surface area (Å²) in [7, 11) is 1.65. The Bertz CT molecular complexity index is 976. The molecule has 2 aromatic heterocycles. The number of ether oxygens (including phenoxy) is 1. The zero-order valence-corrected chi connectivity index (χ0v) is 20.3. The number of nitrogens with zero attached hydrogens (tertiary/aromatic N) is 2. The Morgan fingerprint density at radius 1 is 1.26 bits per heavy atom. The first-order valence-electron chi connectivity index (χ1n) is 11.5. The van der Waals surface area contributed by atoms with Gasteiger partial charge in [-0.25, -0.2) is 4.98 Å². The fourth-order valence-corrected chi connectivity index (χ4v) is 6.80. The van der Waals surface area contributed by atoms with Gasteiger partial charge in [0.2, 0.25) is 5.88 Å². The number of pyridine rings is 1. The van der Waals surface area contributed by atoms with Crippen LogP contribution in [-0.2, 0) is 13.0 Å². The van der Waals surface area contributed by atoms with Crippen molar-refractivity contribution in [2.24, 2.45) is 11.7 Å². The SMILES string of the molecule is COc1nc(C)cc(C)c1CN1CCc2sc(C(C)C3CCC(N)CC3)c(C)c2C1=O. The number of carbonyl (C=O) groups excluding carboxylic acids is 1. The van der Waals surface area contributed by atoms with Gasteiger partial charge in [0.15, 0.2) is 0 Å². The van der Waals surface area contributed by atoms with Crippen molar-refractivity contribution in [2.45, 2.75) is 78.3 Å². The highest BCUT2D eigenvalue weighted by Crippen LogP contribution is 2.43. The van der Waals surface area contributed by atoms with Crippen LogP contribution in [-0.4, -0.2) is 35.5 Å². The van der Waals surface area contributed by atoms with Crippen LogP contribution in [0.3, 0.4) is 0 Å². The van der Waals surface area contributed by atoms with E-state index in [0.29, 0.717) is 30.3 Å². The molecule has 1 aliphatic carbocycles. The highest BCUT2D eigenvalue weighted by Gasteiger charge is 2.34. The summed E-state index contributed by atoms with van der Waals surface area (Å²) in [5.41, 5.74) is 11.3. The van der Waals surface area contributed by atoms with Gasteiger partial charge in [-0.1, -0.05) is 6.92 Å². The molecule has 0 spiro atoms. The Kier molecular flexibility index (Phi) is 6.40. The quantitative estimate of drug-likeness (QED) is 0.717. The maximum atomic E-state index is 13.5. The van der Waals surface area contributed by atoms with Gasteiger partial charge < -0.3 is 15.4 Å². The zero-order valence-electron chi connectivity index (χ0n) is 19.5. The van der Waals surface area contributed by atoms with Crippen LogP contribution in [0.2, 0.25) is 0 Å². The number of nitrogens with two attached hydrogens (primary N) is 1. The number of amides is 1. The molecule has 0 aromatic carbocycles.